The van der Waals surface area contributed by atoms with E-state index in [1.165, 1.54) is 0 Å². The molecule has 2 aromatic heterocycles. The van der Waals surface area contributed by atoms with E-state index in [9.17, 15) is 0 Å². The molecule has 66 valence electrons. The lowest BCUT2D eigenvalue weighted by atomic mass is 10.2. The zero-order valence-electron chi connectivity index (χ0n) is 7.78. The van der Waals surface area contributed by atoms with E-state index in [4.69, 9.17) is 0 Å². The average molecular weight is 173 g/mol. The zero-order chi connectivity index (χ0) is 9.26. The highest BCUT2D eigenvalue weighted by Gasteiger charge is 2.00. The SMILES string of the molecule is CCc1cc2c(C)ncnc2cn1. The quantitative estimate of drug-likeness (QED) is 0.661. The summed E-state index contributed by atoms with van der Waals surface area (Å²) in [6, 6.07) is 2.06. The van der Waals surface area contributed by atoms with Crippen molar-refractivity contribution in [2.24, 2.45) is 0 Å². The molecule has 2 heterocycles. The topological polar surface area (TPSA) is 38.7 Å². The van der Waals surface area contributed by atoms with Gasteiger partial charge in [0.15, 0.2) is 0 Å². The second-order valence-electron chi connectivity index (χ2n) is 3.01. The normalized spacial score (nSPS) is 10.6. The predicted octanol–water partition coefficient (Wildman–Crippen LogP) is 1.90. The summed E-state index contributed by atoms with van der Waals surface area (Å²) in [5, 5.41) is 1.11. The van der Waals surface area contributed by atoms with Gasteiger partial charge in [-0.15, -0.1) is 0 Å². The molecule has 2 aromatic rings. The van der Waals surface area contributed by atoms with Gasteiger partial charge in [-0.05, 0) is 19.4 Å². The molecule has 3 nitrogen and oxygen atoms in total. The fraction of sp³-hybridized carbons (Fsp3) is 0.300. The molecule has 0 saturated carbocycles. The molecule has 0 unspecified atom stereocenters. The van der Waals surface area contributed by atoms with Crippen molar-refractivity contribution in [2.75, 3.05) is 0 Å². The van der Waals surface area contributed by atoms with E-state index >= 15 is 0 Å². The van der Waals surface area contributed by atoms with Crippen molar-refractivity contribution in [1.29, 1.82) is 0 Å². The highest BCUT2D eigenvalue weighted by molar-refractivity contribution is 5.79. The Kier molecular flexibility index (Phi) is 1.93. The molecule has 2 rings (SSSR count). The summed E-state index contributed by atoms with van der Waals surface area (Å²) in [6.45, 7) is 4.08. The first-order valence-electron chi connectivity index (χ1n) is 4.37. The van der Waals surface area contributed by atoms with Gasteiger partial charge in [-0.1, -0.05) is 6.92 Å². The molecular formula is C10H11N3. The van der Waals surface area contributed by atoms with Gasteiger partial charge < -0.3 is 0 Å². The number of aromatic nitrogens is 3. The largest absolute Gasteiger partial charge is 0.259 e. The molecular weight excluding hydrogens is 162 g/mol. The molecule has 0 radical (unpaired) electrons. The Balaban J connectivity index is 2.74. The Hall–Kier alpha value is -1.51. The fourth-order valence-electron chi connectivity index (χ4n) is 1.32. The van der Waals surface area contributed by atoms with Gasteiger partial charge in [0.25, 0.3) is 0 Å². The highest BCUT2D eigenvalue weighted by atomic mass is 14.8. The Morgan fingerprint density at radius 3 is 2.85 bits per heavy atom. The van der Waals surface area contributed by atoms with Crippen LogP contribution in [0.5, 0.6) is 0 Å². The monoisotopic (exact) mass is 173 g/mol. The zero-order valence-corrected chi connectivity index (χ0v) is 7.78. The molecule has 0 saturated heterocycles. The average Bonchev–Trinajstić information content (AvgIpc) is 2.18. The van der Waals surface area contributed by atoms with Gasteiger partial charge in [-0.25, -0.2) is 9.97 Å². The molecule has 0 N–H and O–H groups in total. The smallest absolute Gasteiger partial charge is 0.116 e. The standard InChI is InChI=1S/C10H11N3/c1-3-8-4-9-7(2)12-6-13-10(9)5-11-8/h4-6H,3H2,1-2H3. The molecule has 0 bridgehead atoms. The van der Waals surface area contributed by atoms with Crippen molar-refractivity contribution >= 4 is 10.9 Å². The lowest BCUT2D eigenvalue weighted by molar-refractivity contribution is 1.03. The van der Waals surface area contributed by atoms with E-state index in [0.717, 1.165) is 28.7 Å². The summed E-state index contributed by atoms with van der Waals surface area (Å²) >= 11 is 0. The maximum atomic E-state index is 4.28. The van der Waals surface area contributed by atoms with E-state index in [0.29, 0.717) is 0 Å². The number of pyridine rings is 1. The highest BCUT2D eigenvalue weighted by Crippen LogP contribution is 2.13. The van der Waals surface area contributed by atoms with Gasteiger partial charge in [0, 0.05) is 16.8 Å². The third-order valence-electron chi connectivity index (χ3n) is 2.14. The minimum atomic E-state index is 0.921. The van der Waals surface area contributed by atoms with Crippen LogP contribution >= 0.6 is 0 Å². The summed E-state index contributed by atoms with van der Waals surface area (Å²) in [7, 11) is 0. The van der Waals surface area contributed by atoms with Gasteiger partial charge in [0.1, 0.15) is 6.33 Å². The van der Waals surface area contributed by atoms with E-state index in [-0.39, 0.29) is 0 Å². The van der Waals surface area contributed by atoms with Crippen LogP contribution in [-0.4, -0.2) is 15.0 Å². The molecule has 0 aliphatic rings. The first kappa shape index (κ1) is 8.10. The van der Waals surface area contributed by atoms with E-state index in [2.05, 4.69) is 27.9 Å². The van der Waals surface area contributed by atoms with Crippen LogP contribution in [0.4, 0.5) is 0 Å². The van der Waals surface area contributed by atoms with Gasteiger partial charge in [0.05, 0.1) is 11.7 Å². The fourth-order valence-corrected chi connectivity index (χ4v) is 1.32. The molecule has 0 fully saturated rings. The number of hydrogen-bond donors (Lipinski definition) is 0. The van der Waals surface area contributed by atoms with Gasteiger partial charge in [0.2, 0.25) is 0 Å². The van der Waals surface area contributed by atoms with Crippen molar-refractivity contribution in [1.82, 2.24) is 15.0 Å². The molecule has 0 amide bonds. The lowest BCUT2D eigenvalue weighted by Gasteiger charge is -2.01. The summed E-state index contributed by atoms with van der Waals surface area (Å²) in [6.07, 6.45) is 4.33. The lowest BCUT2D eigenvalue weighted by Crippen LogP contribution is -1.92. The molecule has 0 aromatic carbocycles. The first-order chi connectivity index (χ1) is 6.31. The second-order valence-corrected chi connectivity index (χ2v) is 3.01. The summed E-state index contributed by atoms with van der Waals surface area (Å²) in [5.74, 6) is 0. The van der Waals surface area contributed by atoms with Crippen LogP contribution in [0.2, 0.25) is 0 Å². The summed E-state index contributed by atoms with van der Waals surface area (Å²) in [4.78, 5) is 12.6. The van der Waals surface area contributed by atoms with Crippen LogP contribution in [0.25, 0.3) is 10.9 Å². The van der Waals surface area contributed by atoms with Crippen LogP contribution in [-0.2, 0) is 6.42 Å². The predicted molar refractivity (Wildman–Crippen MR) is 51.4 cm³/mol. The van der Waals surface area contributed by atoms with Gasteiger partial charge >= 0.3 is 0 Å². The third-order valence-corrected chi connectivity index (χ3v) is 2.14. The van der Waals surface area contributed by atoms with Crippen LogP contribution in [0.3, 0.4) is 0 Å². The molecule has 0 aliphatic heterocycles. The van der Waals surface area contributed by atoms with Gasteiger partial charge in [-0.3, -0.25) is 4.98 Å². The van der Waals surface area contributed by atoms with Crippen LogP contribution in [0.1, 0.15) is 18.3 Å². The molecule has 13 heavy (non-hydrogen) atoms. The van der Waals surface area contributed by atoms with E-state index in [1.807, 2.05) is 13.1 Å². The Labute approximate surface area is 76.9 Å². The molecule has 0 aliphatic carbocycles. The van der Waals surface area contributed by atoms with Crippen LogP contribution in [0, 0.1) is 6.92 Å². The number of hydrogen-bond acceptors (Lipinski definition) is 3. The third kappa shape index (κ3) is 1.37. The Bertz CT molecular complexity index is 437. The van der Waals surface area contributed by atoms with Crippen molar-refractivity contribution < 1.29 is 0 Å². The van der Waals surface area contributed by atoms with Crippen LogP contribution in [0.15, 0.2) is 18.6 Å². The molecule has 3 heteroatoms. The van der Waals surface area contributed by atoms with Crippen molar-refractivity contribution in [3.05, 3.63) is 30.0 Å². The Morgan fingerprint density at radius 1 is 1.23 bits per heavy atom. The van der Waals surface area contributed by atoms with Crippen LogP contribution < -0.4 is 0 Å². The minimum absolute atomic E-state index is 0.921. The summed E-state index contributed by atoms with van der Waals surface area (Å²) < 4.78 is 0. The van der Waals surface area contributed by atoms with E-state index in [1.54, 1.807) is 6.33 Å². The number of fused-ring (bicyclic) bond motifs is 1. The maximum Gasteiger partial charge on any atom is 0.116 e. The second kappa shape index (κ2) is 3.09. The minimum Gasteiger partial charge on any atom is -0.259 e. The van der Waals surface area contributed by atoms with Crippen molar-refractivity contribution in [2.45, 2.75) is 20.3 Å². The van der Waals surface area contributed by atoms with E-state index < -0.39 is 0 Å². The number of rotatable bonds is 1. The van der Waals surface area contributed by atoms with Crippen molar-refractivity contribution in [3.8, 4) is 0 Å². The summed E-state index contributed by atoms with van der Waals surface area (Å²) in [5.41, 5.74) is 3.03. The number of nitrogens with zero attached hydrogens (tertiary/aromatic N) is 3. The van der Waals surface area contributed by atoms with Crippen molar-refractivity contribution in [3.63, 3.8) is 0 Å². The number of aryl methyl sites for hydroxylation is 2. The molecule has 0 atom stereocenters. The molecule has 0 spiro atoms. The van der Waals surface area contributed by atoms with Gasteiger partial charge in [-0.2, -0.15) is 0 Å². The first-order valence-corrected chi connectivity index (χ1v) is 4.37. The Morgan fingerprint density at radius 2 is 2.08 bits per heavy atom. The maximum absolute atomic E-state index is 4.28.